The molecule has 5 nitrogen and oxygen atoms in total. The van der Waals surface area contributed by atoms with Gasteiger partial charge in [-0.15, -0.1) is 5.10 Å². The van der Waals surface area contributed by atoms with Crippen LogP contribution in [-0.4, -0.2) is 39.4 Å². The minimum Gasteiger partial charge on any atom is -0.342 e. The van der Waals surface area contributed by atoms with Crippen molar-refractivity contribution in [2.24, 2.45) is 0 Å². The Bertz CT molecular complexity index is 738. The molecule has 1 amide bonds. The number of halogens is 2. The van der Waals surface area contributed by atoms with Crippen LogP contribution in [0.3, 0.4) is 0 Å². The standard InChI is InChI=1S/C14H12Cl2N4O/c1-19-5-4-9(6-14(19)21)11-7-10(15)2-3-12(11)20-8-13(16)17-18-20/h2-3,6-8H,4-5H2,1H3. The van der Waals surface area contributed by atoms with Gasteiger partial charge in [-0.1, -0.05) is 28.4 Å². The molecular weight excluding hydrogens is 311 g/mol. The summed E-state index contributed by atoms with van der Waals surface area (Å²) in [6.07, 6.45) is 4.01. The van der Waals surface area contributed by atoms with Gasteiger partial charge in [0.15, 0.2) is 5.15 Å². The minimum absolute atomic E-state index is 0.0150. The summed E-state index contributed by atoms with van der Waals surface area (Å²) in [5.74, 6) is -0.0150. The van der Waals surface area contributed by atoms with Gasteiger partial charge in [0.2, 0.25) is 5.91 Å². The second kappa shape index (κ2) is 5.50. The van der Waals surface area contributed by atoms with Crippen molar-refractivity contribution in [2.75, 3.05) is 13.6 Å². The van der Waals surface area contributed by atoms with Crippen molar-refractivity contribution in [3.8, 4) is 5.69 Å². The van der Waals surface area contributed by atoms with Gasteiger partial charge in [0.05, 0.1) is 11.9 Å². The summed E-state index contributed by atoms with van der Waals surface area (Å²) in [4.78, 5) is 13.6. The number of hydrogen-bond acceptors (Lipinski definition) is 3. The summed E-state index contributed by atoms with van der Waals surface area (Å²) in [5, 5.41) is 8.67. The first-order valence-electron chi connectivity index (χ1n) is 6.38. The quantitative estimate of drug-likeness (QED) is 0.854. The van der Waals surface area contributed by atoms with Crippen molar-refractivity contribution in [3.05, 3.63) is 46.2 Å². The predicted molar refractivity (Wildman–Crippen MR) is 81.6 cm³/mol. The average molecular weight is 323 g/mol. The average Bonchev–Trinajstić information content (AvgIpc) is 2.88. The third-order valence-corrected chi connectivity index (χ3v) is 3.82. The number of amides is 1. The molecule has 0 radical (unpaired) electrons. The number of aromatic nitrogens is 3. The second-order valence-corrected chi connectivity index (χ2v) is 5.65. The molecular formula is C14H12Cl2N4O. The summed E-state index contributed by atoms with van der Waals surface area (Å²) >= 11 is 11.9. The summed E-state index contributed by atoms with van der Waals surface area (Å²) in [6, 6.07) is 5.44. The maximum atomic E-state index is 11.9. The molecule has 108 valence electrons. The molecule has 0 unspecified atom stereocenters. The molecule has 3 rings (SSSR count). The number of nitrogens with zero attached hydrogens (tertiary/aromatic N) is 4. The third-order valence-electron chi connectivity index (χ3n) is 3.41. The molecule has 1 aromatic heterocycles. The molecule has 1 aromatic carbocycles. The van der Waals surface area contributed by atoms with Gasteiger partial charge in [0.1, 0.15) is 0 Å². The van der Waals surface area contributed by atoms with Crippen molar-refractivity contribution in [2.45, 2.75) is 6.42 Å². The lowest BCUT2D eigenvalue weighted by molar-refractivity contribution is -0.125. The number of benzene rings is 1. The third kappa shape index (κ3) is 2.80. The highest BCUT2D eigenvalue weighted by Gasteiger charge is 2.19. The Hall–Kier alpha value is -1.85. The molecule has 0 bridgehead atoms. The lowest BCUT2D eigenvalue weighted by atomic mass is 9.97. The highest BCUT2D eigenvalue weighted by atomic mass is 35.5. The Morgan fingerprint density at radius 1 is 1.29 bits per heavy atom. The Balaban J connectivity index is 2.11. The first-order chi connectivity index (χ1) is 10.0. The van der Waals surface area contributed by atoms with Crippen molar-refractivity contribution < 1.29 is 4.79 Å². The molecule has 1 aliphatic heterocycles. The fourth-order valence-corrected chi connectivity index (χ4v) is 2.57. The van der Waals surface area contributed by atoms with Crippen LogP contribution in [-0.2, 0) is 4.79 Å². The summed E-state index contributed by atoms with van der Waals surface area (Å²) < 4.78 is 1.58. The van der Waals surface area contributed by atoms with Gasteiger partial charge in [-0.05, 0) is 30.2 Å². The summed E-state index contributed by atoms with van der Waals surface area (Å²) in [5.41, 5.74) is 2.59. The Morgan fingerprint density at radius 2 is 2.10 bits per heavy atom. The Morgan fingerprint density at radius 3 is 2.76 bits per heavy atom. The molecule has 1 aliphatic rings. The van der Waals surface area contributed by atoms with Crippen LogP contribution >= 0.6 is 23.2 Å². The SMILES string of the molecule is CN1CCC(c2cc(Cl)ccc2-n2cc(Cl)nn2)=CC1=O. The molecule has 0 N–H and O–H groups in total. The van der Waals surface area contributed by atoms with Crippen molar-refractivity contribution in [3.63, 3.8) is 0 Å². The van der Waals surface area contributed by atoms with Crippen LogP contribution < -0.4 is 0 Å². The summed E-state index contributed by atoms with van der Waals surface area (Å²) in [7, 11) is 1.78. The zero-order valence-corrected chi connectivity index (χ0v) is 12.8. The lowest BCUT2D eigenvalue weighted by Gasteiger charge is -2.23. The molecule has 2 aromatic rings. The maximum absolute atomic E-state index is 11.9. The zero-order valence-electron chi connectivity index (χ0n) is 11.3. The van der Waals surface area contributed by atoms with Gasteiger partial charge in [-0.3, -0.25) is 4.79 Å². The van der Waals surface area contributed by atoms with Gasteiger partial charge in [0, 0.05) is 30.3 Å². The second-order valence-electron chi connectivity index (χ2n) is 4.83. The van der Waals surface area contributed by atoms with Crippen LogP contribution in [0, 0.1) is 0 Å². The van der Waals surface area contributed by atoms with Gasteiger partial charge in [0.25, 0.3) is 0 Å². The molecule has 0 aliphatic carbocycles. The normalized spacial score (nSPS) is 15.3. The van der Waals surface area contributed by atoms with E-state index in [4.69, 9.17) is 23.2 Å². The van der Waals surface area contributed by atoms with E-state index in [2.05, 4.69) is 10.3 Å². The van der Waals surface area contributed by atoms with Crippen LogP contribution in [0.15, 0.2) is 30.5 Å². The van der Waals surface area contributed by atoms with Gasteiger partial charge in [-0.25, -0.2) is 4.68 Å². The van der Waals surface area contributed by atoms with E-state index in [1.807, 2.05) is 12.1 Å². The molecule has 0 saturated heterocycles. The largest absolute Gasteiger partial charge is 0.342 e. The smallest absolute Gasteiger partial charge is 0.246 e. The van der Waals surface area contributed by atoms with Crippen molar-refractivity contribution >= 4 is 34.7 Å². The fraction of sp³-hybridized carbons (Fsp3) is 0.214. The first-order valence-corrected chi connectivity index (χ1v) is 7.14. The van der Waals surface area contributed by atoms with Crippen LogP contribution in [0.2, 0.25) is 10.2 Å². The molecule has 0 atom stereocenters. The molecule has 21 heavy (non-hydrogen) atoms. The zero-order chi connectivity index (χ0) is 15.0. The van der Waals surface area contributed by atoms with Gasteiger partial charge in [-0.2, -0.15) is 0 Å². The van der Waals surface area contributed by atoms with E-state index in [0.29, 0.717) is 16.7 Å². The van der Waals surface area contributed by atoms with E-state index in [9.17, 15) is 4.79 Å². The highest BCUT2D eigenvalue weighted by molar-refractivity contribution is 6.31. The summed E-state index contributed by atoms with van der Waals surface area (Å²) in [6.45, 7) is 0.675. The van der Waals surface area contributed by atoms with Crippen LogP contribution in [0.4, 0.5) is 0 Å². The van der Waals surface area contributed by atoms with E-state index < -0.39 is 0 Å². The van der Waals surface area contributed by atoms with Gasteiger partial charge < -0.3 is 4.90 Å². The predicted octanol–water partition coefficient (Wildman–Crippen LogP) is 2.82. The number of hydrogen-bond donors (Lipinski definition) is 0. The Kier molecular flexibility index (Phi) is 3.69. The van der Waals surface area contributed by atoms with Gasteiger partial charge >= 0.3 is 0 Å². The van der Waals surface area contributed by atoms with Crippen molar-refractivity contribution in [1.82, 2.24) is 19.9 Å². The number of rotatable bonds is 2. The maximum Gasteiger partial charge on any atom is 0.246 e. The Labute approximate surface area is 131 Å². The molecule has 2 heterocycles. The first kappa shape index (κ1) is 14.1. The monoisotopic (exact) mass is 322 g/mol. The number of carbonyl (C=O) groups excluding carboxylic acids is 1. The number of carbonyl (C=O) groups is 1. The van der Waals surface area contributed by atoms with E-state index >= 15 is 0 Å². The lowest BCUT2D eigenvalue weighted by Crippen LogP contribution is -2.29. The topological polar surface area (TPSA) is 51.0 Å². The van der Waals surface area contributed by atoms with Crippen LogP contribution in [0.1, 0.15) is 12.0 Å². The number of likely N-dealkylation sites (N-methyl/N-ethyl adjacent to an activating group) is 1. The fourth-order valence-electron chi connectivity index (χ4n) is 2.27. The van der Waals surface area contributed by atoms with Crippen molar-refractivity contribution in [1.29, 1.82) is 0 Å². The van der Waals surface area contributed by atoms with E-state index in [1.165, 1.54) is 0 Å². The molecule has 7 heteroatoms. The molecule has 0 fully saturated rings. The minimum atomic E-state index is -0.0150. The van der Waals surface area contributed by atoms with E-state index in [1.54, 1.807) is 35.0 Å². The highest BCUT2D eigenvalue weighted by Crippen LogP contribution is 2.30. The van der Waals surface area contributed by atoms with Crippen LogP contribution in [0.25, 0.3) is 11.3 Å². The molecule has 0 saturated carbocycles. The van der Waals surface area contributed by atoms with E-state index in [-0.39, 0.29) is 5.91 Å². The molecule has 0 spiro atoms. The van der Waals surface area contributed by atoms with Crippen LogP contribution in [0.5, 0.6) is 0 Å². The van der Waals surface area contributed by atoms with E-state index in [0.717, 1.165) is 23.2 Å².